The van der Waals surface area contributed by atoms with Gasteiger partial charge in [-0.05, 0) is 41.1 Å². The van der Waals surface area contributed by atoms with Crippen LogP contribution in [0.3, 0.4) is 0 Å². The minimum atomic E-state index is -0.642. The summed E-state index contributed by atoms with van der Waals surface area (Å²) in [5, 5.41) is 17.2. The third-order valence-corrected chi connectivity index (χ3v) is 3.56. The number of anilines is 1. The fourth-order valence-electron chi connectivity index (χ4n) is 2.35. The Morgan fingerprint density at radius 3 is 2.59 bits per heavy atom. The van der Waals surface area contributed by atoms with E-state index in [0.717, 1.165) is 6.07 Å². The zero-order valence-corrected chi connectivity index (χ0v) is 14.3. The first-order valence-corrected chi connectivity index (χ1v) is 7.73. The van der Waals surface area contributed by atoms with E-state index in [0.29, 0.717) is 5.69 Å². The molecule has 0 fully saturated rings. The molecule has 138 valence electrons. The van der Waals surface area contributed by atoms with E-state index in [4.69, 9.17) is 4.74 Å². The number of nitro groups is 1. The molecule has 0 spiro atoms. The molecule has 1 aromatic carbocycles. The molecule has 0 aliphatic rings. The molecule has 0 saturated carbocycles. The number of aryl methyl sites for hydroxylation is 2. The van der Waals surface area contributed by atoms with Crippen LogP contribution in [0.5, 0.6) is 11.5 Å². The van der Waals surface area contributed by atoms with Crippen LogP contribution >= 0.6 is 0 Å². The fourth-order valence-corrected chi connectivity index (χ4v) is 2.35. The van der Waals surface area contributed by atoms with Gasteiger partial charge in [-0.2, -0.15) is 5.10 Å². The zero-order chi connectivity index (χ0) is 19.6. The molecule has 1 amide bonds. The zero-order valence-electron chi connectivity index (χ0n) is 14.3. The van der Waals surface area contributed by atoms with Crippen molar-refractivity contribution in [3.8, 4) is 11.5 Å². The summed E-state index contributed by atoms with van der Waals surface area (Å²) in [7, 11) is 1.61. The molecule has 0 bridgehead atoms. The number of hydrogen-bond acceptors (Lipinski definition) is 6. The summed E-state index contributed by atoms with van der Waals surface area (Å²) in [5.74, 6) is -1.03. The maximum absolute atomic E-state index is 14.1. The van der Waals surface area contributed by atoms with Gasteiger partial charge in [0, 0.05) is 19.2 Å². The lowest BCUT2D eigenvalue weighted by atomic mass is 10.2. The number of hydrogen-bond donors (Lipinski definition) is 1. The lowest BCUT2D eigenvalue weighted by Gasteiger charge is -2.09. The van der Waals surface area contributed by atoms with Gasteiger partial charge in [0.1, 0.15) is 17.3 Å². The van der Waals surface area contributed by atoms with Crippen LogP contribution < -0.4 is 10.1 Å². The number of halogens is 1. The van der Waals surface area contributed by atoms with Gasteiger partial charge < -0.3 is 20.2 Å². The van der Waals surface area contributed by atoms with Crippen molar-refractivity contribution in [1.29, 1.82) is 0 Å². The van der Waals surface area contributed by atoms with Crippen molar-refractivity contribution in [2.45, 2.75) is 6.92 Å². The number of amides is 1. The molecule has 3 rings (SSSR count). The number of pyridine rings is 1. The Hall–Kier alpha value is -3.82. The Morgan fingerprint density at radius 1 is 1.26 bits per heavy atom. The summed E-state index contributed by atoms with van der Waals surface area (Å²) in [6.07, 6.45) is 1.18. The molecule has 0 aliphatic heterocycles. The average molecular weight is 371 g/mol. The Morgan fingerprint density at radius 2 is 2.00 bits per heavy atom. The molecule has 0 saturated heterocycles. The molecule has 10 heteroatoms. The predicted octanol–water partition coefficient (Wildman–Crippen LogP) is 3.22. The number of rotatable bonds is 5. The van der Waals surface area contributed by atoms with E-state index in [1.807, 2.05) is 0 Å². The number of nitrogens with one attached hydrogen (secondary N) is 1. The van der Waals surface area contributed by atoms with Crippen molar-refractivity contribution in [3.05, 3.63) is 69.9 Å². The SMILES string of the molecule is Cc1cc(C(=O)Nc2cc(Oc3ccc([N+](=O)[O-])nc3)ccc2F)n(C)n1. The smallest absolute Gasteiger partial charge is 0.363 e. The van der Waals surface area contributed by atoms with Gasteiger partial charge >= 0.3 is 5.82 Å². The molecule has 1 N–H and O–H groups in total. The van der Waals surface area contributed by atoms with Gasteiger partial charge in [0.15, 0.2) is 11.9 Å². The second-order valence-electron chi connectivity index (χ2n) is 5.60. The standard InChI is InChI=1S/C17H14FN5O4/c1-10-7-15(22(2)21-10)17(24)20-14-8-11(3-5-13(14)18)27-12-4-6-16(19-9-12)23(25)26/h3-9H,1-2H3,(H,20,24). The lowest BCUT2D eigenvalue weighted by Crippen LogP contribution is -2.16. The van der Waals surface area contributed by atoms with Crippen LogP contribution in [0.1, 0.15) is 16.2 Å². The third-order valence-electron chi connectivity index (χ3n) is 3.56. The van der Waals surface area contributed by atoms with E-state index in [2.05, 4.69) is 15.4 Å². The lowest BCUT2D eigenvalue weighted by molar-refractivity contribution is -0.389. The number of carbonyl (C=O) groups is 1. The molecular weight excluding hydrogens is 357 g/mol. The Labute approximate surface area is 152 Å². The van der Waals surface area contributed by atoms with Gasteiger partial charge in [0.25, 0.3) is 5.91 Å². The van der Waals surface area contributed by atoms with Crippen LogP contribution in [-0.2, 0) is 7.05 Å². The molecule has 27 heavy (non-hydrogen) atoms. The number of benzene rings is 1. The van der Waals surface area contributed by atoms with Crippen LogP contribution in [0.4, 0.5) is 15.9 Å². The van der Waals surface area contributed by atoms with Crippen LogP contribution in [-0.4, -0.2) is 25.6 Å². The first kappa shape index (κ1) is 18.0. The first-order valence-electron chi connectivity index (χ1n) is 7.73. The molecular formula is C17H14FN5O4. The quantitative estimate of drug-likeness (QED) is 0.544. The maximum atomic E-state index is 14.1. The van der Waals surface area contributed by atoms with Crippen molar-refractivity contribution in [1.82, 2.24) is 14.8 Å². The number of carbonyl (C=O) groups excluding carboxylic acids is 1. The molecule has 9 nitrogen and oxygen atoms in total. The average Bonchev–Trinajstić information content (AvgIpc) is 2.96. The van der Waals surface area contributed by atoms with Gasteiger partial charge in [-0.1, -0.05) is 0 Å². The molecule has 0 aliphatic carbocycles. The summed E-state index contributed by atoms with van der Waals surface area (Å²) in [6.45, 7) is 1.74. The summed E-state index contributed by atoms with van der Waals surface area (Å²) < 4.78 is 20.9. The van der Waals surface area contributed by atoms with E-state index < -0.39 is 16.6 Å². The third kappa shape index (κ3) is 4.06. The molecule has 2 aromatic heterocycles. The molecule has 2 heterocycles. The monoisotopic (exact) mass is 371 g/mol. The predicted molar refractivity (Wildman–Crippen MR) is 93.3 cm³/mol. The van der Waals surface area contributed by atoms with E-state index in [1.54, 1.807) is 20.0 Å². The van der Waals surface area contributed by atoms with Crippen molar-refractivity contribution in [2.24, 2.45) is 7.05 Å². The summed E-state index contributed by atoms with van der Waals surface area (Å²) in [5.41, 5.74) is 0.856. The highest BCUT2D eigenvalue weighted by atomic mass is 19.1. The molecule has 0 radical (unpaired) electrons. The Balaban J connectivity index is 1.78. The van der Waals surface area contributed by atoms with Crippen molar-refractivity contribution < 1.29 is 18.8 Å². The van der Waals surface area contributed by atoms with Crippen molar-refractivity contribution in [2.75, 3.05) is 5.32 Å². The van der Waals surface area contributed by atoms with Crippen LogP contribution in [0.2, 0.25) is 0 Å². The van der Waals surface area contributed by atoms with Crippen molar-refractivity contribution >= 4 is 17.4 Å². The Kier molecular flexibility index (Phi) is 4.79. The van der Waals surface area contributed by atoms with Crippen LogP contribution in [0.25, 0.3) is 0 Å². The van der Waals surface area contributed by atoms with Crippen LogP contribution in [0, 0.1) is 22.9 Å². The molecule has 0 unspecified atom stereocenters. The summed E-state index contributed by atoms with van der Waals surface area (Å²) in [6, 6.07) is 7.93. The highest BCUT2D eigenvalue weighted by Gasteiger charge is 2.15. The van der Waals surface area contributed by atoms with E-state index in [-0.39, 0.29) is 28.7 Å². The highest BCUT2D eigenvalue weighted by Crippen LogP contribution is 2.27. The van der Waals surface area contributed by atoms with Gasteiger partial charge in [-0.25, -0.2) is 4.39 Å². The summed E-state index contributed by atoms with van der Waals surface area (Å²) in [4.78, 5) is 25.9. The largest absolute Gasteiger partial charge is 0.453 e. The van der Waals surface area contributed by atoms with E-state index in [9.17, 15) is 19.3 Å². The second-order valence-corrected chi connectivity index (χ2v) is 5.60. The molecule has 0 atom stereocenters. The van der Waals surface area contributed by atoms with Gasteiger partial charge in [-0.3, -0.25) is 9.48 Å². The number of nitrogens with zero attached hydrogens (tertiary/aromatic N) is 4. The number of ether oxygens (including phenoxy) is 1. The van der Waals surface area contributed by atoms with E-state index in [1.165, 1.54) is 35.1 Å². The number of aromatic nitrogens is 3. The Bertz CT molecular complexity index is 1020. The van der Waals surface area contributed by atoms with Gasteiger partial charge in [-0.15, -0.1) is 0 Å². The fraction of sp³-hybridized carbons (Fsp3) is 0.118. The topological polar surface area (TPSA) is 112 Å². The second kappa shape index (κ2) is 7.20. The van der Waals surface area contributed by atoms with Crippen molar-refractivity contribution in [3.63, 3.8) is 0 Å². The molecule has 3 aromatic rings. The first-order chi connectivity index (χ1) is 12.8. The van der Waals surface area contributed by atoms with E-state index >= 15 is 0 Å². The van der Waals surface area contributed by atoms with Crippen LogP contribution in [0.15, 0.2) is 42.6 Å². The maximum Gasteiger partial charge on any atom is 0.363 e. The normalized spacial score (nSPS) is 10.5. The minimum absolute atomic E-state index is 0.0776. The van der Waals surface area contributed by atoms with Gasteiger partial charge in [0.2, 0.25) is 0 Å². The minimum Gasteiger partial charge on any atom is -0.453 e. The highest BCUT2D eigenvalue weighted by molar-refractivity contribution is 6.03. The summed E-state index contributed by atoms with van der Waals surface area (Å²) >= 11 is 0. The van der Waals surface area contributed by atoms with Gasteiger partial charge in [0.05, 0.1) is 11.4 Å².